The van der Waals surface area contributed by atoms with E-state index < -0.39 is 43.4 Å². The molecule has 2 fully saturated rings. The first-order chi connectivity index (χ1) is 19.4. The summed E-state index contributed by atoms with van der Waals surface area (Å²) in [6.45, 7) is 13.5. The molecule has 1 heterocycles. The van der Waals surface area contributed by atoms with Gasteiger partial charge in [-0.05, 0) is 0 Å². The van der Waals surface area contributed by atoms with Crippen LogP contribution in [-0.4, -0.2) is 65.7 Å². The Kier molecular flexibility index (Phi) is 21.8. The minimum absolute atomic E-state index is 0. The van der Waals surface area contributed by atoms with Gasteiger partial charge in [-0.15, -0.1) is 0 Å². The third-order valence-electron chi connectivity index (χ3n) is 7.07. The minimum atomic E-state index is -2.46. The van der Waals surface area contributed by atoms with Crippen molar-refractivity contribution in [2.45, 2.75) is 75.5 Å². The Bertz CT molecular complexity index is 1060. The second kappa shape index (κ2) is 21.7. The molecular weight excluding hydrogens is 665 g/mol. The summed E-state index contributed by atoms with van der Waals surface area (Å²) < 4.78 is 43.1. The van der Waals surface area contributed by atoms with Gasteiger partial charge in [-0.3, -0.25) is 0 Å². The quantitative estimate of drug-likeness (QED) is 0.101. The van der Waals surface area contributed by atoms with Crippen LogP contribution >= 0.6 is 5.51 Å². The van der Waals surface area contributed by atoms with Gasteiger partial charge in [0.1, 0.15) is 0 Å². The van der Waals surface area contributed by atoms with Gasteiger partial charge in [0.2, 0.25) is 0 Å². The molecule has 0 unspecified atom stereocenters. The Morgan fingerprint density at radius 1 is 0.707 bits per heavy atom. The van der Waals surface area contributed by atoms with Crippen LogP contribution in [0.2, 0.25) is 0 Å². The van der Waals surface area contributed by atoms with Crippen LogP contribution in [0.15, 0.2) is 32.8 Å². The monoisotopic (exact) mass is 700 g/mol. The average Bonchev–Trinajstić information content (AvgIpc) is 3.05. The summed E-state index contributed by atoms with van der Waals surface area (Å²) in [5, 5.41) is 27.1. The predicted molar refractivity (Wildman–Crippen MR) is 137 cm³/mol. The number of hydrogen-bond donors (Lipinski definition) is 0. The van der Waals surface area contributed by atoms with E-state index in [1.165, 1.54) is 28.4 Å². The zero-order chi connectivity index (χ0) is 30.9. The van der Waals surface area contributed by atoms with Crippen molar-refractivity contribution in [1.29, 1.82) is 0 Å². The van der Waals surface area contributed by atoms with Gasteiger partial charge in [0, 0.05) is 0 Å². The van der Waals surface area contributed by atoms with Crippen LogP contribution in [0.25, 0.3) is 0 Å². The number of allylic oxidation sites excluding steroid dienone is 1. The van der Waals surface area contributed by atoms with Crippen LogP contribution in [0.3, 0.4) is 0 Å². The van der Waals surface area contributed by atoms with Gasteiger partial charge in [0.05, 0.1) is 0 Å². The maximum Gasteiger partial charge on any atom is 2.00 e. The molecule has 0 atom stereocenters. The van der Waals surface area contributed by atoms with E-state index in [4.69, 9.17) is 32.9 Å². The molecule has 0 saturated heterocycles. The molecule has 0 bridgehead atoms. The second-order valence-corrected chi connectivity index (χ2v) is 18.1. The maximum absolute atomic E-state index is 13.6. The number of rotatable bonds is 6. The first-order valence-electron chi connectivity index (χ1n) is 12.4. The molecule has 3 aliphatic rings. The zero-order valence-electron chi connectivity index (χ0n) is 23.4. The Labute approximate surface area is 257 Å². The van der Waals surface area contributed by atoms with E-state index >= 15 is 0 Å². The molecule has 0 aromatic heterocycles. The summed E-state index contributed by atoms with van der Waals surface area (Å²) in [5.74, 6) is -2.93. The van der Waals surface area contributed by atoms with Crippen molar-refractivity contribution in [2.75, 3.05) is 28.4 Å². The molecule has 1 aliphatic heterocycles. The van der Waals surface area contributed by atoms with Crippen LogP contribution in [0.5, 0.6) is 0 Å². The van der Waals surface area contributed by atoms with Crippen molar-refractivity contribution in [1.82, 2.24) is 0 Å². The number of hydrogen-bond acceptors (Lipinski definition) is 8. The number of carbonyl (C=O) groups is 2. The SMILES string of the molecule is COC(=O)C1=C(C(=O)OC)C(=C(/[O-])OC)/C(=C(/[O-])OC)P(C2CCCCC2)(C2CCCCC2)=[Se+]1.[C-]#[O+].[C-]#[O+].[C-]#[O+].[Mn+2]. The molecule has 41 heavy (non-hydrogen) atoms. The van der Waals surface area contributed by atoms with Gasteiger partial charge in [-0.2, -0.15) is 0 Å². The molecule has 1 radical (unpaired) electrons. The van der Waals surface area contributed by atoms with E-state index in [0.717, 1.165) is 64.2 Å². The summed E-state index contributed by atoms with van der Waals surface area (Å²) in [5.41, 5.74) is -2.43. The van der Waals surface area contributed by atoms with Crippen LogP contribution in [0.4, 0.5) is 0 Å². The van der Waals surface area contributed by atoms with Gasteiger partial charge < -0.3 is 0 Å². The predicted octanol–water partition coefficient (Wildman–Crippen LogP) is 2.18. The average molecular weight is 699 g/mol. The smallest absolute Gasteiger partial charge is 2.00 e. The van der Waals surface area contributed by atoms with E-state index in [1.807, 2.05) is 0 Å². The van der Waals surface area contributed by atoms with Crippen LogP contribution < -0.4 is 10.2 Å². The van der Waals surface area contributed by atoms with Gasteiger partial charge in [0.15, 0.2) is 0 Å². The number of methoxy groups -OCH3 is 4. The molecule has 0 N–H and O–H groups in total. The van der Waals surface area contributed by atoms with E-state index in [-0.39, 0.29) is 44.0 Å². The molecule has 2 aliphatic carbocycles. The molecule has 0 aromatic carbocycles. The van der Waals surface area contributed by atoms with E-state index in [1.54, 1.807) is 0 Å². The summed E-state index contributed by atoms with van der Waals surface area (Å²) in [6, 6.07) is 0. The van der Waals surface area contributed by atoms with Crippen molar-refractivity contribution in [3.8, 4) is 0 Å². The molecular formula is C27H34MnO11PSe+. The van der Waals surface area contributed by atoms with Gasteiger partial charge in [-0.1, -0.05) is 0 Å². The van der Waals surface area contributed by atoms with E-state index in [0.29, 0.717) is 5.31 Å². The first kappa shape index (κ1) is 41.2. The number of esters is 2. The summed E-state index contributed by atoms with van der Waals surface area (Å²) >= 11 is -0.561. The molecule has 3 rings (SSSR count). The molecule has 11 nitrogen and oxygen atoms in total. The van der Waals surface area contributed by atoms with Crippen molar-refractivity contribution in [3.05, 3.63) is 52.8 Å². The van der Waals surface area contributed by atoms with Gasteiger partial charge in [-0.25, -0.2) is 0 Å². The Morgan fingerprint density at radius 2 is 1.10 bits per heavy atom. The van der Waals surface area contributed by atoms with Crippen molar-refractivity contribution >= 4 is 31.5 Å². The Balaban J connectivity index is 0. The molecule has 225 valence electrons. The van der Waals surface area contributed by atoms with Crippen LogP contribution in [0.1, 0.15) is 64.2 Å². The van der Waals surface area contributed by atoms with Crippen LogP contribution in [-0.2, 0) is 59.6 Å². The number of ether oxygens (including phenoxy) is 4. The molecule has 0 spiro atoms. The molecule has 0 amide bonds. The van der Waals surface area contributed by atoms with Gasteiger partial charge in [0.25, 0.3) is 0 Å². The third-order valence-corrected chi connectivity index (χ3v) is 20.6. The van der Waals surface area contributed by atoms with Gasteiger partial charge >= 0.3 is 258 Å². The van der Waals surface area contributed by atoms with Crippen molar-refractivity contribution in [3.63, 3.8) is 0 Å². The third kappa shape index (κ3) is 9.27. The Morgan fingerprint density at radius 3 is 1.44 bits per heavy atom. The minimum Gasteiger partial charge on any atom is 2.00 e. The number of carbonyl (C=O) groups excluding carboxylic acids is 2. The normalized spacial score (nSPS) is 20.5. The Hall–Kier alpha value is -1.95. The van der Waals surface area contributed by atoms with Crippen LogP contribution in [0, 0.1) is 20.0 Å². The largest absolute Gasteiger partial charge is 2.00 e. The summed E-state index contributed by atoms with van der Waals surface area (Å²) in [7, 11) is 4.95. The standard InChI is InChI=1S/C24H35O8PSe.3CO.Mn/c1-29-21(25)17-18(22(26)30-2)20(24(28)32-4)34-33(19(17)23(27)31-3,15-11-7-5-8-12-15)16-13-9-6-10-14-16;3*1-2;/h15-16H,5-14H2,1-4H3,(H-,25,26,27,28);;;;/q;;;;+2/p-1. The fourth-order valence-electron chi connectivity index (χ4n) is 5.56. The topological polar surface area (TPSA) is 177 Å². The fraction of sp³-hybridized carbons (Fsp3) is 0.593. The van der Waals surface area contributed by atoms with Crippen molar-refractivity contribution < 1.29 is 69.8 Å². The molecule has 14 heteroatoms. The van der Waals surface area contributed by atoms with E-state index in [9.17, 15) is 19.8 Å². The first-order valence-corrected chi connectivity index (χ1v) is 17.4. The summed E-state index contributed by atoms with van der Waals surface area (Å²) in [6.07, 6.45) is 10.1. The molecule has 0 aromatic rings. The maximum atomic E-state index is 13.6. The molecule has 2 saturated carbocycles. The fourth-order valence-corrected chi connectivity index (χ4v) is 20.6. The summed E-state index contributed by atoms with van der Waals surface area (Å²) in [4.78, 5) is 26.1. The van der Waals surface area contributed by atoms with Crippen molar-refractivity contribution in [2.24, 2.45) is 0 Å². The van der Waals surface area contributed by atoms with E-state index in [2.05, 4.69) is 20.0 Å². The second-order valence-electron chi connectivity index (χ2n) is 8.78. The zero-order valence-corrected chi connectivity index (χ0v) is 27.2.